The molecule has 0 aliphatic heterocycles. The van der Waals surface area contributed by atoms with Crippen molar-refractivity contribution in [1.29, 1.82) is 0 Å². The largest absolute Gasteiger partial charge is 0.478 e. The summed E-state index contributed by atoms with van der Waals surface area (Å²) in [6, 6.07) is 15.0. The molecule has 0 saturated carbocycles. The molecule has 1 atom stereocenters. The molecule has 1 N–H and O–H groups in total. The van der Waals surface area contributed by atoms with E-state index < -0.39 is 12.1 Å². The highest BCUT2D eigenvalue weighted by Gasteiger charge is 2.21. The van der Waals surface area contributed by atoms with Gasteiger partial charge in [0.05, 0.1) is 0 Å². The van der Waals surface area contributed by atoms with Gasteiger partial charge in [0.2, 0.25) is 0 Å². The third-order valence-electron chi connectivity index (χ3n) is 3.33. The number of benzene rings is 2. The molecule has 2 aromatic rings. The van der Waals surface area contributed by atoms with Gasteiger partial charge in [-0.3, -0.25) is 0 Å². The number of carboxylic acids is 1. The third-order valence-corrected chi connectivity index (χ3v) is 3.33. The first kappa shape index (κ1) is 14.1. The predicted octanol–water partition coefficient (Wildman–Crippen LogP) is 3.38. The van der Waals surface area contributed by atoms with E-state index in [1.165, 1.54) is 0 Å². The van der Waals surface area contributed by atoms with Gasteiger partial charge < -0.3 is 9.84 Å². The van der Waals surface area contributed by atoms with Crippen molar-refractivity contribution in [3.05, 3.63) is 65.2 Å². The van der Waals surface area contributed by atoms with Crippen molar-refractivity contribution in [1.82, 2.24) is 0 Å². The maximum atomic E-state index is 11.4. The summed E-state index contributed by atoms with van der Waals surface area (Å²) in [6.45, 7) is 3.98. The Morgan fingerprint density at radius 2 is 1.65 bits per heavy atom. The van der Waals surface area contributed by atoms with Gasteiger partial charge in [0, 0.05) is 6.42 Å². The van der Waals surface area contributed by atoms with Crippen LogP contribution < -0.4 is 4.74 Å². The molecule has 3 nitrogen and oxygen atoms in total. The van der Waals surface area contributed by atoms with E-state index in [4.69, 9.17) is 4.74 Å². The van der Waals surface area contributed by atoms with Crippen LogP contribution in [0.3, 0.4) is 0 Å². The first-order chi connectivity index (χ1) is 9.58. The van der Waals surface area contributed by atoms with Gasteiger partial charge in [0.25, 0.3) is 0 Å². The molecule has 0 heterocycles. The summed E-state index contributed by atoms with van der Waals surface area (Å²) < 4.78 is 5.59. The Labute approximate surface area is 118 Å². The molecule has 104 valence electrons. The summed E-state index contributed by atoms with van der Waals surface area (Å²) in [7, 11) is 0. The molecule has 0 aromatic heterocycles. The van der Waals surface area contributed by atoms with Gasteiger partial charge in [0.1, 0.15) is 5.75 Å². The van der Waals surface area contributed by atoms with Crippen molar-refractivity contribution in [2.75, 3.05) is 0 Å². The van der Waals surface area contributed by atoms with Crippen molar-refractivity contribution >= 4 is 5.97 Å². The Balaban J connectivity index is 2.20. The smallest absolute Gasteiger partial charge is 0.345 e. The molecule has 0 spiro atoms. The zero-order chi connectivity index (χ0) is 14.5. The van der Waals surface area contributed by atoms with Gasteiger partial charge in [-0.2, -0.15) is 0 Å². The number of ether oxygens (including phenoxy) is 1. The fourth-order valence-electron chi connectivity index (χ4n) is 2.20. The lowest BCUT2D eigenvalue weighted by Crippen LogP contribution is -2.30. The van der Waals surface area contributed by atoms with E-state index in [9.17, 15) is 9.90 Å². The maximum Gasteiger partial charge on any atom is 0.345 e. The number of carboxylic acid groups (broad SMARTS) is 1. The van der Waals surface area contributed by atoms with E-state index >= 15 is 0 Å². The third kappa shape index (κ3) is 3.38. The molecule has 3 heteroatoms. The van der Waals surface area contributed by atoms with Crippen molar-refractivity contribution in [3.63, 3.8) is 0 Å². The van der Waals surface area contributed by atoms with Crippen LogP contribution in [0.4, 0.5) is 0 Å². The van der Waals surface area contributed by atoms with Crippen molar-refractivity contribution in [2.24, 2.45) is 0 Å². The average molecular weight is 270 g/mol. The zero-order valence-electron chi connectivity index (χ0n) is 11.7. The topological polar surface area (TPSA) is 46.5 Å². The van der Waals surface area contributed by atoms with Crippen LogP contribution in [-0.2, 0) is 11.2 Å². The van der Waals surface area contributed by atoms with Gasteiger partial charge in [-0.1, -0.05) is 36.4 Å². The Hall–Kier alpha value is -2.29. The molecule has 20 heavy (non-hydrogen) atoms. The van der Waals surface area contributed by atoms with Gasteiger partial charge in [-0.15, -0.1) is 0 Å². The van der Waals surface area contributed by atoms with Crippen LogP contribution in [0.15, 0.2) is 48.5 Å². The Morgan fingerprint density at radius 1 is 1.05 bits per heavy atom. The van der Waals surface area contributed by atoms with E-state index in [2.05, 4.69) is 0 Å². The summed E-state index contributed by atoms with van der Waals surface area (Å²) in [5.74, 6) is -0.373. The summed E-state index contributed by atoms with van der Waals surface area (Å²) in [6.07, 6.45) is -0.514. The molecule has 0 amide bonds. The lowest BCUT2D eigenvalue weighted by molar-refractivity contribution is -0.145. The second kappa shape index (κ2) is 6.24. The highest BCUT2D eigenvalue weighted by molar-refractivity contribution is 5.73. The van der Waals surface area contributed by atoms with E-state index in [1.807, 2.05) is 50.2 Å². The first-order valence-corrected chi connectivity index (χ1v) is 6.57. The van der Waals surface area contributed by atoms with Crippen LogP contribution in [0.5, 0.6) is 5.75 Å². The summed E-state index contributed by atoms with van der Waals surface area (Å²) >= 11 is 0. The summed E-state index contributed by atoms with van der Waals surface area (Å²) in [4.78, 5) is 11.4. The Bertz CT molecular complexity index is 570. The van der Waals surface area contributed by atoms with Crippen molar-refractivity contribution in [3.8, 4) is 5.75 Å². The normalized spacial score (nSPS) is 11.9. The highest BCUT2D eigenvalue weighted by Crippen LogP contribution is 2.19. The quantitative estimate of drug-likeness (QED) is 0.906. The SMILES string of the molecule is Cc1cccc(C)c1CC(Oc1ccccc1)C(=O)O. The second-order valence-electron chi connectivity index (χ2n) is 4.83. The maximum absolute atomic E-state index is 11.4. The van der Waals surface area contributed by atoms with Gasteiger partial charge in [-0.05, 0) is 42.7 Å². The second-order valence-corrected chi connectivity index (χ2v) is 4.83. The summed E-state index contributed by atoms with van der Waals surface area (Å²) in [5.41, 5.74) is 3.22. The molecule has 1 unspecified atom stereocenters. The number of hydrogen-bond acceptors (Lipinski definition) is 2. The number of aliphatic carboxylic acids is 1. The van der Waals surface area contributed by atoms with E-state index in [-0.39, 0.29) is 0 Å². The number of hydrogen-bond donors (Lipinski definition) is 1. The van der Waals surface area contributed by atoms with Gasteiger partial charge >= 0.3 is 5.97 Å². The lowest BCUT2D eigenvalue weighted by atomic mass is 9.97. The van der Waals surface area contributed by atoms with Crippen LogP contribution in [0.25, 0.3) is 0 Å². The number of para-hydroxylation sites is 1. The molecule has 0 fully saturated rings. The molecule has 0 saturated heterocycles. The minimum atomic E-state index is -0.948. The number of aryl methyl sites for hydroxylation is 2. The monoisotopic (exact) mass is 270 g/mol. The number of rotatable bonds is 5. The number of carbonyl (C=O) groups is 1. The minimum Gasteiger partial charge on any atom is -0.478 e. The lowest BCUT2D eigenvalue weighted by Gasteiger charge is -2.17. The summed E-state index contributed by atoms with van der Waals surface area (Å²) in [5, 5.41) is 9.35. The molecule has 0 aliphatic rings. The molecule has 0 aliphatic carbocycles. The first-order valence-electron chi connectivity index (χ1n) is 6.57. The molecular formula is C17H18O3. The van der Waals surface area contributed by atoms with Crippen LogP contribution in [0, 0.1) is 13.8 Å². The predicted molar refractivity (Wildman–Crippen MR) is 78.1 cm³/mol. The standard InChI is InChI=1S/C17H18O3/c1-12-7-6-8-13(2)15(12)11-16(17(18)19)20-14-9-4-3-5-10-14/h3-10,16H,11H2,1-2H3,(H,18,19). The molecule has 2 rings (SSSR count). The zero-order valence-corrected chi connectivity index (χ0v) is 11.7. The van der Waals surface area contributed by atoms with Gasteiger partial charge in [-0.25, -0.2) is 4.79 Å². The van der Waals surface area contributed by atoms with E-state index in [0.29, 0.717) is 12.2 Å². The molecule has 2 aromatic carbocycles. The van der Waals surface area contributed by atoms with Gasteiger partial charge in [0.15, 0.2) is 6.10 Å². The van der Waals surface area contributed by atoms with Crippen LogP contribution in [-0.4, -0.2) is 17.2 Å². The van der Waals surface area contributed by atoms with E-state index in [0.717, 1.165) is 16.7 Å². The van der Waals surface area contributed by atoms with Crippen LogP contribution >= 0.6 is 0 Å². The minimum absolute atomic E-state index is 0.364. The van der Waals surface area contributed by atoms with Crippen LogP contribution in [0.1, 0.15) is 16.7 Å². The van der Waals surface area contributed by atoms with E-state index in [1.54, 1.807) is 12.1 Å². The Morgan fingerprint density at radius 3 is 2.20 bits per heavy atom. The fourth-order valence-corrected chi connectivity index (χ4v) is 2.20. The fraction of sp³-hybridized carbons (Fsp3) is 0.235. The molecule has 0 bridgehead atoms. The molecule has 0 radical (unpaired) electrons. The highest BCUT2D eigenvalue weighted by atomic mass is 16.5. The Kier molecular flexibility index (Phi) is 4.41. The average Bonchev–Trinajstić information content (AvgIpc) is 2.42. The van der Waals surface area contributed by atoms with Crippen molar-refractivity contribution in [2.45, 2.75) is 26.4 Å². The van der Waals surface area contributed by atoms with Crippen LogP contribution in [0.2, 0.25) is 0 Å². The van der Waals surface area contributed by atoms with Crippen molar-refractivity contribution < 1.29 is 14.6 Å². The molecular weight excluding hydrogens is 252 g/mol.